The maximum atomic E-state index is 5.32. The smallest absolute Gasteiger partial charge is 0.115 e. The fourth-order valence-corrected chi connectivity index (χ4v) is 0.602. The van der Waals surface area contributed by atoms with E-state index in [0.29, 0.717) is 0 Å². The molecule has 0 saturated heterocycles. The summed E-state index contributed by atoms with van der Waals surface area (Å²) in [6, 6.07) is 0. The second-order valence-electron chi connectivity index (χ2n) is 1.11. The molecule has 1 nitrogen and oxygen atoms in total. The summed E-state index contributed by atoms with van der Waals surface area (Å²) in [5, 5.41) is 0. The van der Waals surface area contributed by atoms with Crippen molar-refractivity contribution in [3.05, 3.63) is 0 Å². The minimum atomic E-state index is 0.131. The highest BCUT2D eigenvalue weighted by molar-refractivity contribution is 8.21. The molecule has 0 saturated carbocycles. The van der Waals surface area contributed by atoms with Gasteiger partial charge in [0.15, 0.2) is 0 Å². The Labute approximate surface area is 52.9 Å². The zero-order chi connectivity index (χ0) is 5.70. The number of ether oxygens (including phenoxy) is 1. The first-order chi connectivity index (χ1) is 3.31. The zero-order valence-electron chi connectivity index (χ0n) is 4.48. The molecule has 44 valence electrons. The third kappa shape index (κ3) is 4.45. The highest BCUT2D eigenvalue weighted by Gasteiger charge is 1.94. The average Bonchev–Trinajstić information content (AvgIpc) is 1.68. The van der Waals surface area contributed by atoms with Crippen molar-refractivity contribution >= 4 is 21.7 Å². The van der Waals surface area contributed by atoms with Crippen molar-refractivity contribution in [2.45, 2.75) is 19.3 Å². The van der Waals surface area contributed by atoms with Crippen LogP contribution in [0.25, 0.3) is 0 Å². The summed E-state index contributed by atoms with van der Waals surface area (Å²) in [6.45, 7) is 4.60. The number of hydrogen-bond acceptors (Lipinski definition) is 2. The van der Waals surface area contributed by atoms with E-state index in [2.05, 4.69) is 0 Å². The van der Waals surface area contributed by atoms with Crippen molar-refractivity contribution in [3.63, 3.8) is 0 Å². The molecule has 0 aromatic rings. The van der Waals surface area contributed by atoms with Gasteiger partial charge in [0.05, 0.1) is 0 Å². The predicted octanol–water partition coefficient (Wildman–Crippen LogP) is 2.26. The van der Waals surface area contributed by atoms with Crippen molar-refractivity contribution < 1.29 is 4.74 Å². The van der Waals surface area contributed by atoms with Gasteiger partial charge in [-0.1, -0.05) is 0 Å². The monoisotopic (exact) mass is 140 g/mol. The van der Waals surface area contributed by atoms with Gasteiger partial charge in [-0.25, -0.2) is 0 Å². The molecule has 0 bridgehead atoms. The Bertz CT molecular complexity index is 42.7. The van der Waals surface area contributed by atoms with Crippen LogP contribution in [0.3, 0.4) is 0 Å². The molecule has 0 heterocycles. The van der Waals surface area contributed by atoms with E-state index in [9.17, 15) is 0 Å². The summed E-state index contributed by atoms with van der Waals surface area (Å²) in [6.07, 6.45) is 0. The van der Waals surface area contributed by atoms with Gasteiger partial charge in [-0.15, -0.1) is 0 Å². The first kappa shape index (κ1) is 7.60. The van der Waals surface area contributed by atoms with Crippen molar-refractivity contribution in [3.8, 4) is 0 Å². The van der Waals surface area contributed by atoms with Crippen LogP contribution in [-0.2, 0) is 4.74 Å². The summed E-state index contributed by atoms with van der Waals surface area (Å²) in [5.41, 5.74) is 0.131. The Hall–Kier alpha value is 0.600. The third-order valence-corrected chi connectivity index (χ3v) is 1.67. The molecule has 1 unspecified atom stereocenters. The number of rotatable bonds is 3. The van der Waals surface area contributed by atoms with Crippen molar-refractivity contribution in [2.75, 3.05) is 6.61 Å². The molecule has 1 atom stereocenters. The van der Waals surface area contributed by atoms with Crippen molar-refractivity contribution in [2.24, 2.45) is 0 Å². The van der Waals surface area contributed by atoms with Crippen LogP contribution in [0.1, 0.15) is 13.8 Å². The van der Waals surface area contributed by atoms with Gasteiger partial charge in [0, 0.05) is 6.61 Å². The van der Waals surface area contributed by atoms with Gasteiger partial charge >= 0.3 is 0 Å². The SMILES string of the molecule is CCOC(C)SCl. The van der Waals surface area contributed by atoms with Crippen LogP contribution < -0.4 is 0 Å². The van der Waals surface area contributed by atoms with E-state index < -0.39 is 0 Å². The largest absolute Gasteiger partial charge is 0.367 e. The van der Waals surface area contributed by atoms with E-state index in [1.54, 1.807) is 0 Å². The molecule has 0 amide bonds. The molecule has 0 fully saturated rings. The summed E-state index contributed by atoms with van der Waals surface area (Å²) < 4.78 is 5.02. The van der Waals surface area contributed by atoms with E-state index >= 15 is 0 Å². The lowest BCUT2D eigenvalue weighted by atomic mass is 10.8. The molecule has 0 aromatic heterocycles. The third-order valence-electron chi connectivity index (χ3n) is 0.527. The van der Waals surface area contributed by atoms with Gasteiger partial charge in [-0.05, 0) is 35.5 Å². The Morgan fingerprint density at radius 2 is 2.43 bits per heavy atom. The standard InChI is InChI=1S/C4H9ClOS/c1-3-6-4(2)7-5/h4H,3H2,1-2H3. The quantitative estimate of drug-likeness (QED) is 0.557. The fourth-order valence-electron chi connectivity index (χ4n) is 0.260. The van der Waals surface area contributed by atoms with Gasteiger partial charge in [0.1, 0.15) is 5.44 Å². The molecule has 0 aromatic carbocycles. The number of halogens is 1. The van der Waals surface area contributed by atoms with Crippen LogP contribution >= 0.6 is 21.7 Å². The minimum Gasteiger partial charge on any atom is -0.367 e. The Kier molecular flexibility index (Phi) is 5.16. The average molecular weight is 141 g/mol. The summed E-state index contributed by atoms with van der Waals surface area (Å²) >= 11 is 0. The Balaban J connectivity index is 2.83. The molecular formula is C4H9ClOS. The second-order valence-corrected chi connectivity index (χ2v) is 2.49. The molecule has 0 N–H and O–H groups in total. The first-order valence-corrected chi connectivity index (χ1v) is 3.90. The van der Waals surface area contributed by atoms with Gasteiger partial charge < -0.3 is 4.74 Å². The predicted molar refractivity (Wildman–Crippen MR) is 34.5 cm³/mol. The zero-order valence-corrected chi connectivity index (χ0v) is 6.05. The van der Waals surface area contributed by atoms with Crippen LogP contribution in [-0.4, -0.2) is 12.0 Å². The molecule has 3 heteroatoms. The summed E-state index contributed by atoms with van der Waals surface area (Å²) in [5.74, 6) is 0. The minimum absolute atomic E-state index is 0.131. The molecular weight excluding hydrogens is 132 g/mol. The van der Waals surface area contributed by atoms with Gasteiger partial charge in [-0.2, -0.15) is 0 Å². The van der Waals surface area contributed by atoms with E-state index in [1.807, 2.05) is 13.8 Å². The molecule has 0 rings (SSSR count). The first-order valence-electron chi connectivity index (χ1n) is 2.20. The van der Waals surface area contributed by atoms with Crippen LogP contribution in [0, 0.1) is 0 Å². The molecule has 0 aliphatic heterocycles. The highest BCUT2D eigenvalue weighted by atomic mass is 35.7. The maximum absolute atomic E-state index is 5.32. The van der Waals surface area contributed by atoms with Gasteiger partial charge in [0.25, 0.3) is 0 Å². The lowest BCUT2D eigenvalue weighted by Crippen LogP contribution is -1.98. The molecule has 0 aliphatic rings. The van der Waals surface area contributed by atoms with Crippen LogP contribution in [0.4, 0.5) is 0 Å². The second kappa shape index (κ2) is 4.75. The van der Waals surface area contributed by atoms with Crippen molar-refractivity contribution in [1.29, 1.82) is 0 Å². The summed E-state index contributed by atoms with van der Waals surface area (Å²) in [4.78, 5) is 0. The lowest BCUT2D eigenvalue weighted by molar-refractivity contribution is 0.138. The Morgan fingerprint density at radius 1 is 1.86 bits per heavy atom. The van der Waals surface area contributed by atoms with E-state index in [4.69, 9.17) is 15.4 Å². The van der Waals surface area contributed by atoms with Crippen LogP contribution in [0.2, 0.25) is 0 Å². The fraction of sp³-hybridized carbons (Fsp3) is 1.00. The summed E-state index contributed by atoms with van der Waals surface area (Å²) in [7, 11) is 6.52. The lowest BCUT2D eigenvalue weighted by Gasteiger charge is -2.03. The van der Waals surface area contributed by atoms with Crippen molar-refractivity contribution in [1.82, 2.24) is 0 Å². The molecule has 7 heavy (non-hydrogen) atoms. The van der Waals surface area contributed by atoms with Crippen LogP contribution in [0.5, 0.6) is 0 Å². The van der Waals surface area contributed by atoms with E-state index in [1.165, 1.54) is 11.0 Å². The maximum Gasteiger partial charge on any atom is 0.115 e. The molecule has 0 aliphatic carbocycles. The topological polar surface area (TPSA) is 9.23 Å². The molecule has 0 radical (unpaired) electrons. The molecule has 0 spiro atoms. The van der Waals surface area contributed by atoms with E-state index in [0.717, 1.165) is 6.61 Å². The Morgan fingerprint density at radius 3 is 2.57 bits per heavy atom. The van der Waals surface area contributed by atoms with Gasteiger partial charge in [0.2, 0.25) is 0 Å². The van der Waals surface area contributed by atoms with Crippen LogP contribution in [0.15, 0.2) is 0 Å². The normalized spacial score (nSPS) is 14.1. The van der Waals surface area contributed by atoms with Gasteiger partial charge in [-0.3, -0.25) is 0 Å². The number of hydrogen-bond donors (Lipinski definition) is 0. The van der Waals surface area contributed by atoms with E-state index in [-0.39, 0.29) is 5.44 Å². The highest BCUT2D eigenvalue weighted by Crippen LogP contribution is 2.14.